The molecule has 250 valence electrons. The van der Waals surface area contributed by atoms with E-state index in [4.69, 9.17) is 4.74 Å². The van der Waals surface area contributed by atoms with Crippen LogP contribution in [-0.4, -0.2) is 40.0 Å². The van der Waals surface area contributed by atoms with E-state index in [-0.39, 0.29) is 56.3 Å². The van der Waals surface area contributed by atoms with E-state index < -0.39 is 40.7 Å². The highest BCUT2D eigenvalue weighted by atomic mass is 19.1. The highest BCUT2D eigenvalue weighted by Gasteiger charge is 2.70. The minimum Gasteiger partial charge on any atom is -0.481 e. The first-order chi connectivity index (χ1) is 21.2. The maximum Gasteiger partial charge on any atom is 0.339 e. The van der Waals surface area contributed by atoms with Crippen LogP contribution in [-0.2, 0) is 14.3 Å². The number of halogens is 1. The van der Waals surface area contributed by atoms with Gasteiger partial charge in [-0.05, 0) is 122 Å². The molecule has 0 saturated heterocycles. The molecule has 5 aliphatic rings. The Hall–Kier alpha value is -3.03. The number of benzene rings is 1. The lowest BCUT2D eigenvalue weighted by Gasteiger charge is -2.70. The number of hydrogen-bond donors (Lipinski definition) is 2. The number of carbonyl (C=O) groups excluding carboxylic acids is 2. The van der Waals surface area contributed by atoms with Crippen molar-refractivity contribution in [3.8, 4) is 0 Å². The van der Waals surface area contributed by atoms with Crippen LogP contribution in [0.25, 0.3) is 0 Å². The summed E-state index contributed by atoms with van der Waals surface area (Å²) in [5.74, 6) is -3.61. The average Bonchev–Trinajstić information content (AvgIpc) is 2.96. The Morgan fingerprint density at radius 1 is 0.870 bits per heavy atom. The van der Waals surface area contributed by atoms with Crippen molar-refractivity contribution in [2.24, 2.45) is 50.2 Å². The molecule has 5 aliphatic carbocycles. The van der Waals surface area contributed by atoms with Crippen LogP contribution >= 0.6 is 0 Å². The molecule has 0 radical (unpaired) electrons. The summed E-state index contributed by atoms with van der Waals surface area (Å²) in [5, 5.41) is 19.8. The predicted molar refractivity (Wildman–Crippen MR) is 170 cm³/mol. The maximum atomic E-state index is 14.6. The molecule has 4 saturated carbocycles. The zero-order chi connectivity index (χ0) is 33.8. The number of carboxylic acids is 2. The molecule has 0 spiro atoms. The van der Waals surface area contributed by atoms with Crippen molar-refractivity contribution in [2.75, 3.05) is 0 Å². The standard InChI is InChI=1S/C38H49FO7/c1-33(2)27-10-13-38(7)29(36(27,5)12-11-28(33)46-31(43)23-18-21(39)8-9-22(23)30(41)42)26(40)19-24-25-20-35(4,32(44)45)15-14-34(25,3)16-17-37(24,38)6/h8-9,18-19,25,27-29H,10-17,20H2,1-7H3,(H,41,42)(H,44,45)/t25-,27-,28-,29+,34+,35-,36-,37?,38+/m0/s1. The minimum atomic E-state index is -1.32. The van der Waals surface area contributed by atoms with E-state index in [9.17, 15) is 33.8 Å². The molecule has 0 bridgehead atoms. The maximum absolute atomic E-state index is 14.6. The molecular weight excluding hydrogens is 587 g/mol. The molecule has 0 aromatic heterocycles. The lowest BCUT2D eigenvalue weighted by atomic mass is 9.33. The summed E-state index contributed by atoms with van der Waals surface area (Å²) in [5.41, 5.74) is -1.68. The fraction of sp³-hybridized carbons (Fsp3) is 0.684. The van der Waals surface area contributed by atoms with Gasteiger partial charge in [-0.1, -0.05) is 47.1 Å². The predicted octanol–water partition coefficient (Wildman–Crippen LogP) is 8.11. The Morgan fingerprint density at radius 2 is 1.54 bits per heavy atom. The third-order valence-corrected chi connectivity index (χ3v) is 14.7. The summed E-state index contributed by atoms with van der Waals surface area (Å²) < 4.78 is 20.1. The monoisotopic (exact) mass is 636 g/mol. The van der Waals surface area contributed by atoms with E-state index >= 15 is 0 Å². The first-order valence-electron chi connectivity index (χ1n) is 17.0. The summed E-state index contributed by atoms with van der Waals surface area (Å²) in [6.07, 6.45) is 8.30. The second-order valence-corrected chi connectivity index (χ2v) is 17.3. The Bertz CT molecular complexity index is 1560. The summed E-state index contributed by atoms with van der Waals surface area (Å²) in [6, 6.07) is 3.02. The molecule has 0 aliphatic heterocycles. The molecule has 9 atom stereocenters. The number of carboxylic acid groups (broad SMARTS) is 2. The normalized spacial score (nSPS) is 42.8. The number of aliphatic carboxylic acids is 1. The summed E-state index contributed by atoms with van der Waals surface area (Å²) in [7, 11) is 0. The molecular formula is C38H49FO7. The van der Waals surface area contributed by atoms with Gasteiger partial charge in [0, 0.05) is 11.3 Å². The van der Waals surface area contributed by atoms with Crippen molar-refractivity contribution in [2.45, 2.75) is 112 Å². The Balaban J connectivity index is 1.33. The smallest absolute Gasteiger partial charge is 0.339 e. The number of ketones is 1. The van der Waals surface area contributed by atoms with Crippen LogP contribution in [0.3, 0.4) is 0 Å². The fourth-order valence-corrected chi connectivity index (χ4v) is 11.6. The summed E-state index contributed by atoms with van der Waals surface area (Å²) >= 11 is 0. The van der Waals surface area contributed by atoms with E-state index in [2.05, 4.69) is 41.5 Å². The zero-order valence-electron chi connectivity index (χ0n) is 28.3. The van der Waals surface area contributed by atoms with E-state index in [0.29, 0.717) is 25.7 Å². The van der Waals surface area contributed by atoms with Gasteiger partial charge in [-0.25, -0.2) is 14.0 Å². The lowest BCUT2D eigenvalue weighted by Crippen LogP contribution is -2.66. The van der Waals surface area contributed by atoms with Gasteiger partial charge in [0.15, 0.2) is 5.78 Å². The van der Waals surface area contributed by atoms with Gasteiger partial charge in [0.25, 0.3) is 0 Å². The van der Waals surface area contributed by atoms with Gasteiger partial charge in [-0.15, -0.1) is 0 Å². The van der Waals surface area contributed by atoms with Crippen molar-refractivity contribution in [1.29, 1.82) is 0 Å². The number of hydrogen-bond acceptors (Lipinski definition) is 5. The van der Waals surface area contributed by atoms with Crippen LogP contribution < -0.4 is 0 Å². The molecule has 2 N–H and O–H groups in total. The number of ether oxygens (including phenoxy) is 1. The molecule has 0 heterocycles. The second kappa shape index (κ2) is 10.2. The highest BCUT2D eigenvalue weighted by molar-refractivity contribution is 6.02. The van der Waals surface area contributed by atoms with Gasteiger partial charge in [0.05, 0.1) is 16.5 Å². The Labute approximate surface area is 271 Å². The summed E-state index contributed by atoms with van der Waals surface area (Å²) in [4.78, 5) is 52.1. The molecule has 46 heavy (non-hydrogen) atoms. The highest BCUT2D eigenvalue weighted by Crippen LogP contribution is 2.75. The van der Waals surface area contributed by atoms with Gasteiger partial charge >= 0.3 is 17.9 Å². The van der Waals surface area contributed by atoms with E-state index in [0.717, 1.165) is 50.3 Å². The van der Waals surface area contributed by atoms with Gasteiger partial charge in [-0.3, -0.25) is 9.59 Å². The topological polar surface area (TPSA) is 118 Å². The van der Waals surface area contributed by atoms with Crippen molar-refractivity contribution in [3.05, 3.63) is 46.8 Å². The fourth-order valence-electron chi connectivity index (χ4n) is 11.6. The third-order valence-electron chi connectivity index (χ3n) is 14.7. The molecule has 1 aromatic carbocycles. The minimum absolute atomic E-state index is 0.0169. The zero-order valence-corrected chi connectivity index (χ0v) is 28.3. The van der Waals surface area contributed by atoms with Gasteiger partial charge in [0.1, 0.15) is 11.9 Å². The molecule has 8 heteroatoms. The summed E-state index contributed by atoms with van der Waals surface area (Å²) in [6.45, 7) is 15.2. The SMILES string of the molecule is CC1(C)[C@@H](OC(=O)c2cc(F)ccc2C(=O)O)CC[C@]2(C)[C@H]3C(=O)C=C4[C@@H]5C[C@@](C)(C(=O)O)CC[C@]5(C)CCC4(C)[C@]3(C)CC[C@@H]12. The number of allylic oxidation sites excluding steroid dienone is 2. The molecule has 0 amide bonds. The number of rotatable bonds is 4. The first kappa shape index (κ1) is 32.9. The van der Waals surface area contributed by atoms with Crippen LogP contribution in [0, 0.1) is 56.1 Å². The van der Waals surface area contributed by atoms with Crippen molar-refractivity contribution >= 4 is 23.7 Å². The van der Waals surface area contributed by atoms with Gasteiger partial charge in [0.2, 0.25) is 0 Å². The molecule has 1 aromatic rings. The third kappa shape index (κ3) is 4.40. The van der Waals surface area contributed by atoms with Gasteiger partial charge in [-0.2, -0.15) is 0 Å². The lowest BCUT2D eigenvalue weighted by molar-refractivity contribution is -0.202. The van der Waals surface area contributed by atoms with E-state index in [1.807, 2.05) is 13.0 Å². The largest absolute Gasteiger partial charge is 0.481 e. The molecule has 7 nitrogen and oxygen atoms in total. The quantitative estimate of drug-likeness (QED) is 0.321. The van der Waals surface area contributed by atoms with Crippen LogP contribution in [0.2, 0.25) is 0 Å². The van der Waals surface area contributed by atoms with Crippen molar-refractivity contribution in [3.63, 3.8) is 0 Å². The van der Waals surface area contributed by atoms with Crippen LogP contribution in [0.1, 0.15) is 127 Å². The van der Waals surface area contributed by atoms with Crippen LogP contribution in [0.5, 0.6) is 0 Å². The van der Waals surface area contributed by atoms with Crippen molar-refractivity contribution in [1.82, 2.24) is 0 Å². The molecule has 4 fully saturated rings. The average molecular weight is 637 g/mol. The second-order valence-electron chi connectivity index (χ2n) is 17.3. The number of carbonyl (C=O) groups is 4. The van der Waals surface area contributed by atoms with Crippen LogP contribution in [0.4, 0.5) is 4.39 Å². The number of aromatic carboxylic acids is 1. The molecule has 6 rings (SSSR count). The Morgan fingerprint density at radius 3 is 2.20 bits per heavy atom. The van der Waals surface area contributed by atoms with E-state index in [1.54, 1.807) is 0 Å². The van der Waals surface area contributed by atoms with Crippen molar-refractivity contribution < 1.29 is 38.5 Å². The van der Waals surface area contributed by atoms with E-state index in [1.165, 1.54) is 5.57 Å². The Kier molecular flexibility index (Phi) is 7.32. The molecule has 1 unspecified atom stereocenters. The number of fused-ring (bicyclic) bond motifs is 7. The van der Waals surface area contributed by atoms with Crippen LogP contribution in [0.15, 0.2) is 29.8 Å². The number of esters is 1. The van der Waals surface area contributed by atoms with Gasteiger partial charge < -0.3 is 14.9 Å². The first-order valence-corrected chi connectivity index (χ1v) is 17.0.